The first-order valence-corrected chi connectivity index (χ1v) is 9.87. The fourth-order valence-corrected chi connectivity index (χ4v) is 3.29. The number of carbonyl (C=O) groups excluding carboxylic acids is 2. The van der Waals surface area contributed by atoms with Gasteiger partial charge in [-0.05, 0) is 54.1 Å². The zero-order valence-electron chi connectivity index (χ0n) is 17.0. The van der Waals surface area contributed by atoms with E-state index in [1.165, 1.54) is 5.01 Å². The highest BCUT2D eigenvalue weighted by atomic mass is 16.5. The smallest absolute Gasteiger partial charge is 0.275 e. The normalized spacial score (nSPS) is 15.3. The molecule has 0 saturated heterocycles. The zero-order chi connectivity index (χ0) is 21.6. The maximum Gasteiger partial charge on any atom is 0.275 e. The topological polar surface area (TPSA) is 83.0 Å². The van der Waals surface area contributed by atoms with Crippen molar-refractivity contribution in [2.45, 2.75) is 12.6 Å². The molecule has 1 unspecified atom stereocenters. The van der Waals surface area contributed by atoms with Crippen LogP contribution >= 0.6 is 0 Å². The van der Waals surface area contributed by atoms with Crippen molar-refractivity contribution in [3.63, 3.8) is 0 Å². The second kappa shape index (κ2) is 9.23. The number of methoxy groups -OCH3 is 1. The Balaban J connectivity index is 1.55. The molecule has 1 atom stereocenters. The third-order valence-corrected chi connectivity index (χ3v) is 4.95. The standard InChI is InChI=1S/C24H22N4O3/c1-31-20-14-12-17(13-15-20)21-16-22(25-26-23(29)18-8-4-2-5-9-18)28(27-21)24(30)19-10-6-3-7-11-19/h2-15,22,25H,16H2,1H3,(H,26,29). The Labute approximate surface area is 180 Å². The van der Waals surface area contributed by atoms with Crippen LogP contribution in [-0.2, 0) is 0 Å². The van der Waals surface area contributed by atoms with E-state index in [0.29, 0.717) is 17.5 Å². The molecule has 0 aromatic heterocycles. The number of nitrogens with zero attached hydrogens (tertiary/aromatic N) is 2. The molecule has 2 amide bonds. The summed E-state index contributed by atoms with van der Waals surface area (Å²) in [5, 5.41) is 5.94. The van der Waals surface area contributed by atoms with E-state index in [1.54, 1.807) is 55.6 Å². The van der Waals surface area contributed by atoms with Crippen molar-refractivity contribution in [1.82, 2.24) is 15.9 Å². The minimum absolute atomic E-state index is 0.254. The summed E-state index contributed by atoms with van der Waals surface area (Å²) in [4.78, 5) is 25.5. The SMILES string of the molecule is COc1ccc(C2=NN(C(=O)c3ccccc3)C(NNC(=O)c3ccccc3)C2)cc1. The van der Waals surface area contributed by atoms with Crippen molar-refractivity contribution >= 4 is 17.5 Å². The number of nitrogens with one attached hydrogen (secondary N) is 2. The molecule has 2 N–H and O–H groups in total. The van der Waals surface area contributed by atoms with E-state index < -0.39 is 6.17 Å². The summed E-state index contributed by atoms with van der Waals surface area (Å²) in [5.41, 5.74) is 8.31. The van der Waals surface area contributed by atoms with E-state index in [-0.39, 0.29) is 11.8 Å². The van der Waals surface area contributed by atoms with Crippen LogP contribution in [-0.4, -0.2) is 35.8 Å². The molecule has 1 aliphatic heterocycles. The molecule has 0 spiro atoms. The number of amides is 2. The largest absolute Gasteiger partial charge is 0.497 e. The monoisotopic (exact) mass is 414 g/mol. The molecule has 7 nitrogen and oxygen atoms in total. The van der Waals surface area contributed by atoms with Crippen molar-refractivity contribution in [2.24, 2.45) is 5.10 Å². The van der Waals surface area contributed by atoms with Gasteiger partial charge < -0.3 is 4.74 Å². The number of carbonyl (C=O) groups is 2. The van der Waals surface area contributed by atoms with Gasteiger partial charge in [0.1, 0.15) is 11.9 Å². The minimum atomic E-state index is -0.530. The zero-order valence-corrected chi connectivity index (χ0v) is 17.0. The van der Waals surface area contributed by atoms with Crippen molar-refractivity contribution < 1.29 is 14.3 Å². The molecule has 3 aromatic rings. The highest BCUT2D eigenvalue weighted by Gasteiger charge is 2.32. The first-order valence-electron chi connectivity index (χ1n) is 9.87. The third-order valence-electron chi connectivity index (χ3n) is 4.95. The van der Waals surface area contributed by atoms with Gasteiger partial charge in [-0.25, -0.2) is 10.4 Å². The van der Waals surface area contributed by atoms with E-state index in [1.807, 2.05) is 36.4 Å². The molecular weight excluding hydrogens is 392 g/mol. The lowest BCUT2D eigenvalue weighted by molar-refractivity contribution is 0.0646. The summed E-state index contributed by atoms with van der Waals surface area (Å²) in [5.74, 6) is 0.200. The number of hydrogen-bond acceptors (Lipinski definition) is 5. The predicted octanol–water partition coefficient (Wildman–Crippen LogP) is 3.21. The van der Waals surface area contributed by atoms with Gasteiger partial charge in [-0.3, -0.25) is 15.0 Å². The summed E-state index contributed by atoms with van der Waals surface area (Å²) < 4.78 is 5.21. The van der Waals surface area contributed by atoms with Crippen LogP contribution in [0.1, 0.15) is 32.7 Å². The summed E-state index contributed by atoms with van der Waals surface area (Å²) >= 11 is 0. The maximum atomic E-state index is 13.1. The van der Waals surface area contributed by atoms with Crippen LogP contribution in [0.25, 0.3) is 0 Å². The van der Waals surface area contributed by atoms with Gasteiger partial charge in [0.05, 0.1) is 12.8 Å². The quantitative estimate of drug-likeness (QED) is 0.607. The molecule has 156 valence electrons. The molecule has 0 aliphatic carbocycles. The van der Waals surface area contributed by atoms with Gasteiger partial charge >= 0.3 is 0 Å². The fraction of sp³-hybridized carbons (Fsp3) is 0.125. The van der Waals surface area contributed by atoms with Gasteiger partial charge in [-0.1, -0.05) is 36.4 Å². The van der Waals surface area contributed by atoms with Crippen LogP contribution < -0.4 is 15.6 Å². The Hall–Kier alpha value is -3.97. The number of ether oxygens (including phenoxy) is 1. The molecule has 0 saturated carbocycles. The first-order chi connectivity index (χ1) is 15.2. The van der Waals surface area contributed by atoms with E-state index in [2.05, 4.69) is 16.0 Å². The third kappa shape index (κ3) is 4.62. The van der Waals surface area contributed by atoms with Crippen LogP contribution in [0.2, 0.25) is 0 Å². The van der Waals surface area contributed by atoms with E-state index in [4.69, 9.17) is 4.74 Å². The van der Waals surface area contributed by atoms with E-state index in [0.717, 1.165) is 17.0 Å². The molecule has 0 fully saturated rings. The Kier molecular flexibility index (Phi) is 6.05. The molecule has 1 heterocycles. The van der Waals surface area contributed by atoms with Crippen LogP contribution in [0, 0.1) is 0 Å². The van der Waals surface area contributed by atoms with Gasteiger partial charge in [0, 0.05) is 17.5 Å². The molecule has 4 rings (SSSR count). The van der Waals surface area contributed by atoms with Gasteiger partial charge in [0.25, 0.3) is 11.8 Å². The van der Waals surface area contributed by atoms with Gasteiger partial charge in [0.15, 0.2) is 0 Å². The number of hydrazone groups is 1. The summed E-state index contributed by atoms with van der Waals surface area (Å²) in [7, 11) is 1.61. The number of hydrazine groups is 1. The van der Waals surface area contributed by atoms with Crippen molar-refractivity contribution in [1.29, 1.82) is 0 Å². The van der Waals surface area contributed by atoms with Crippen molar-refractivity contribution in [3.8, 4) is 5.75 Å². The lowest BCUT2D eigenvalue weighted by Gasteiger charge is -2.23. The summed E-state index contributed by atoms with van der Waals surface area (Å²) in [6.07, 6.45) is -0.0996. The second-order valence-corrected chi connectivity index (χ2v) is 6.98. The lowest BCUT2D eigenvalue weighted by atomic mass is 10.1. The van der Waals surface area contributed by atoms with Crippen LogP contribution in [0.15, 0.2) is 90.0 Å². The van der Waals surface area contributed by atoms with Crippen molar-refractivity contribution in [2.75, 3.05) is 7.11 Å². The van der Waals surface area contributed by atoms with Gasteiger partial charge in [-0.15, -0.1) is 0 Å². The predicted molar refractivity (Wildman–Crippen MR) is 118 cm³/mol. The number of rotatable bonds is 6. The number of benzene rings is 3. The Morgan fingerprint density at radius 3 is 2.13 bits per heavy atom. The van der Waals surface area contributed by atoms with Crippen LogP contribution in [0.4, 0.5) is 0 Å². The van der Waals surface area contributed by atoms with Crippen molar-refractivity contribution in [3.05, 3.63) is 102 Å². The molecule has 1 aliphatic rings. The highest BCUT2D eigenvalue weighted by Crippen LogP contribution is 2.22. The van der Waals surface area contributed by atoms with E-state index in [9.17, 15) is 9.59 Å². The average molecular weight is 414 g/mol. The van der Waals surface area contributed by atoms with Crippen LogP contribution in [0.5, 0.6) is 5.75 Å². The fourth-order valence-electron chi connectivity index (χ4n) is 3.29. The summed E-state index contributed by atoms with van der Waals surface area (Å²) in [6.45, 7) is 0. The van der Waals surface area contributed by atoms with Crippen LogP contribution in [0.3, 0.4) is 0 Å². The lowest BCUT2D eigenvalue weighted by Crippen LogP contribution is -2.51. The molecule has 3 aromatic carbocycles. The Morgan fingerprint density at radius 1 is 0.903 bits per heavy atom. The molecule has 31 heavy (non-hydrogen) atoms. The first kappa shape index (κ1) is 20.3. The second-order valence-electron chi connectivity index (χ2n) is 6.98. The highest BCUT2D eigenvalue weighted by molar-refractivity contribution is 6.05. The molecular formula is C24H22N4O3. The van der Waals surface area contributed by atoms with Gasteiger partial charge in [-0.2, -0.15) is 5.10 Å². The number of hydrogen-bond donors (Lipinski definition) is 2. The molecule has 7 heteroatoms. The Bertz CT molecular complexity index is 1080. The van der Waals surface area contributed by atoms with E-state index >= 15 is 0 Å². The average Bonchev–Trinajstić information content (AvgIpc) is 3.27. The van der Waals surface area contributed by atoms with Gasteiger partial charge in [0.2, 0.25) is 0 Å². The Morgan fingerprint density at radius 2 is 1.52 bits per heavy atom. The molecule has 0 radical (unpaired) electrons. The maximum absolute atomic E-state index is 13.1. The molecule has 0 bridgehead atoms. The minimum Gasteiger partial charge on any atom is -0.497 e. The summed E-state index contributed by atoms with van der Waals surface area (Å²) in [6, 6.07) is 25.3.